The van der Waals surface area contributed by atoms with E-state index in [0.29, 0.717) is 5.69 Å². The fourth-order valence-electron chi connectivity index (χ4n) is 1.58. The van der Waals surface area contributed by atoms with Gasteiger partial charge in [0.25, 0.3) is 0 Å². The van der Waals surface area contributed by atoms with Crippen LogP contribution in [0.2, 0.25) is 0 Å². The first kappa shape index (κ1) is 14.2. The van der Waals surface area contributed by atoms with Gasteiger partial charge in [-0.1, -0.05) is 6.07 Å². The van der Waals surface area contributed by atoms with Crippen LogP contribution in [0, 0.1) is 20.8 Å². The van der Waals surface area contributed by atoms with E-state index < -0.39 is 17.9 Å². The summed E-state index contributed by atoms with van der Waals surface area (Å²) in [5.74, 6) is -1.57. The van der Waals surface area contributed by atoms with Crippen LogP contribution in [0.25, 0.3) is 0 Å². The van der Waals surface area contributed by atoms with Gasteiger partial charge in [0.1, 0.15) is 6.04 Å². The Labute approximate surface area is 106 Å². The number of benzene rings is 1. The molecule has 0 aliphatic carbocycles. The van der Waals surface area contributed by atoms with Crippen molar-refractivity contribution in [3.63, 3.8) is 0 Å². The second-order valence-electron chi connectivity index (χ2n) is 4.38. The SMILES string of the molecule is Cc1ccc(NC(=O)CC(N)C(=O)O)c(C)c1C. The van der Waals surface area contributed by atoms with E-state index in [2.05, 4.69) is 5.32 Å². The molecule has 98 valence electrons. The van der Waals surface area contributed by atoms with E-state index in [-0.39, 0.29) is 6.42 Å². The second-order valence-corrected chi connectivity index (χ2v) is 4.38. The summed E-state index contributed by atoms with van der Waals surface area (Å²) in [6, 6.07) is 2.55. The van der Waals surface area contributed by atoms with Crippen LogP contribution < -0.4 is 11.1 Å². The van der Waals surface area contributed by atoms with Crippen molar-refractivity contribution in [1.82, 2.24) is 0 Å². The Morgan fingerprint density at radius 1 is 1.28 bits per heavy atom. The van der Waals surface area contributed by atoms with Crippen LogP contribution in [0.1, 0.15) is 23.1 Å². The molecule has 1 amide bonds. The van der Waals surface area contributed by atoms with E-state index in [4.69, 9.17) is 10.8 Å². The molecule has 0 bridgehead atoms. The number of hydrogen-bond acceptors (Lipinski definition) is 3. The monoisotopic (exact) mass is 250 g/mol. The summed E-state index contributed by atoms with van der Waals surface area (Å²) in [7, 11) is 0. The molecule has 1 aromatic carbocycles. The van der Waals surface area contributed by atoms with Gasteiger partial charge in [-0.2, -0.15) is 0 Å². The third-order valence-electron chi connectivity index (χ3n) is 3.05. The van der Waals surface area contributed by atoms with Gasteiger partial charge >= 0.3 is 5.97 Å². The number of amides is 1. The van der Waals surface area contributed by atoms with Gasteiger partial charge in [0, 0.05) is 5.69 Å². The normalized spacial score (nSPS) is 12.0. The largest absolute Gasteiger partial charge is 0.480 e. The number of carboxylic acids is 1. The summed E-state index contributed by atoms with van der Waals surface area (Å²) in [6.07, 6.45) is -0.234. The van der Waals surface area contributed by atoms with Gasteiger partial charge in [0.05, 0.1) is 6.42 Å². The highest BCUT2D eigenvalue weighted by atomic mass is 16.4. The van der Waals surface area contributed by atoms with E-state index in [0.717, 1.165) is 16.7 Å². The molecular formula is C13H18N2O3. The highest BCUT2D eigenvalue weighted by Crippen LogP contribution is 2.21. The lowest BCUT2D eigenvalue weighted by Crippen LogP contribution is -2.34. The standard InChI is InChI=1S/C13H18N2O3/c1-7-4-5-11(9(3)8(7)2)15-12(16)6-10(14)13(17)18/h4-5,10H,6,14H2,1-3H3,(H,15,16)(H,17,18). The minimum absolute atomic E-state index is 0.234. The topological polar surface area (TPSA) is 92.4 Å². The molecule has 18 heavy (non-hydrogen) atoms. The maximum atomic E-state index is 11.6. The first-order valence-corrected chi connectivity index (χ1v) is 5.68. The van der Waals surface area contributed by atoms with Crippen LogP contribution in [0.3, 0.4) is 0 Å². The van der Waals surface area contributed by atoms with Crippen molar-refractivity contribution in [3.8, 4) is 0 Å². The molecule has 1 aromatic rings. The summed E-state index contributed by atoms with van der Waals surface area (Å²) in [5.41, 5.74) is 9.23. The fourth-order valence-corrected chi connectivity index (χ4v) is 1.58. The number of carbonyl (C=O) groups is 2. The smallest absolute Gasteiger partial charge is 0.321 e. The lowest BCUT2D eigenvalue weighted by Gasteiger charge is -2.13. The number of carboxylic acid groups (broad SMARTS) is 1. The zero-order valence-electron chi connectivity index (χ0n) is 10.8. The number of nitrogens with one attached hydrogen (secondary N) is 1. The molecule has 1 unspecified atom stereocenters. The molecule has 0 saturated heterocycles. The molecule has 0 radical (unpaired) electrons. The number of nitrogens with two attached hydrogens (primary N) is 1. The lowest BCUT2D eigenvalue weighted by atomic mass is 10.0. The molecule has 0 aliphatic rings. The van der Waals surface area contributed by atoms with E-state index in [1.54, 1.807) is 0 Å². The number of aryl methyl sites for hydroxylation is 1. The molecular weight excluding hydrogens is 232 g/mol. The molecule has 0 fully saturated rings. The Morgan fingerprint density at radius 2 is 1.89 bits per heavy atom. The summed E-state index contributed by atoms with van der Waals surface area (Å²) in [6.45, 7) is 5.88. The van der Waals surface area contributed by atoms with Crippen molar-refractivity contribution in [2.24, 2.45) is 5.73 Å². The molecule has 0 spiro atoms. The minimum Gasteiger partial charge on any atom is -0.480 e. The van der Waals surface area contributed by atoms with Crippen molar-refractivity contribution in [2.75, 3.05) is 5.32 Å². The van der Waals surface area contributed by atoms with Crippen molar-refractivity contribution in [1.29, 1.82) is 0 Å². The molecule has 0 heterocycles. The van der Waals surface area contributed by atoms with E-state index >= 15 is 0 Å². The quantitative estimate of drug-likeness (QED) is 0.752. The van der Waals surface area contributed by atoms with Gasteiger partial charge in [-0.15, -0.1) is 0 Å². The van der Waals surface area contributed by atoms with Crippen LogP contribution in [0.5, 0.6) is 0 Å². The van der Waals surface area contributed by atoms with E-state index in [9.17, 15) is 9.59 Å². The summed E-state index contributed by atoms with van der Waals surface area (Å²) >= 11 is 0. The summed E-state index contributed by atoms with van der Waals surface area (Å²) < 4.78 is 0. The highest BCUT2D eigenvalue weighted by Gasteiger charge is 2.17. The third-order valence-corrected chi connectivity index (χ3v) is 3.05. The Morgan fingerprint density at radius 3 is 2.44 bits per heavy atom. The number of rotatable bonds is 4. The Kier molecular flexibility index (Phi) is 4.44. The molecule has 5 nitrogen and oxygen atoms in total. The molecule has 0 aromatic heterocycles. The average Bonchev–Trinajstić information content (AvgIpc) is 2.29. The highest BCUT2D eigenvalue weighted by molar-refractivity contribution is 5.94. The van der Waals surface area contributed by atoms with Crippen LogP contribution in [-0.4, -0.2) is 23.0 Å². The maximum Gasteiger partial charge on any atom is 0.321 e. The number of carbonyl (C=O) groups excluding carboxylic acids is 1. The summed E-state index contributed by atoms with van der Waals surface area (Å²) in [5, 5.41) is 11.3. The average molecular weight is 250 g/mol. The first-order valence-electron chi connectivity index (χ1n) is 5.68. The Balaban J connectivity index is 2.77. The Hall–Kier alpha value is -1.88. The predicted molar refractivity (Wildman–Crippen MR) is 69.5 cm³/mol. The molecule has 1 atom stereocenters. The molecule has 1 rings (SSSR count). The maximum absolute atomic E-state index is 11.6. The Bertz CT molecular complexity index is 483. The molecule has 4 N–H and O–H groups in total. The minimum atomic E-state index is -1.18. The van der Waals surface area contributed by atoms with Crippen molar-refractivity contribution in [2.45, 2.75) is 33.2 Å². The van der Waals surface area contributed by atoms with E-state index in [1.165, 1.54) is 0 Å². The fraction of sp³-hybridized carbons (Fsp3) is 0.385. The van der Waals surface area contributed by atoms with Gasteiger partial charge in [0.15, 0.2) is 0 Å². The zero-order chi connectivity index (χ0) is 13.9. The van der Waals surface area contributed by atoms with Gasteiger partial charge in [-0.05, 0) is 43.5 Å². The van der Waals surface area contributed by atoms with Crippen molar-refractivity contribution >= 4 is 17.6 Å². The number of hydrogen-bond donors (Lipinski definition) is 3. The van der Waals surface area contributed by atoms with Gasteiger partial charge < -0.3 is 16.2 Å². The van der Waals surface area contributed by atoms with Crippen LogP contribution in [0.4, 0.5) is 5.69 Å². The van der Waals surface area contributed by atoms with Gasteiger partial charge in [-0.3, -0.25) is 9.59 Å². The molecule has 5 heteroatoms. The van der Waals surface area contributed by atoms with Gasteiger partial charge in [-0.25, -0.2) is 0 Å². The molecule has 0 saturated carbocycles. The summed E-state index contributed by atoms with van der Waals surface area (Å²) in [4.78, 5) is 22.2. The van der Waals surface area contributed by atoms with Crippen LogP contribution in [-0.2, 0) is 9.59 Å². The molecule has 0 aliphatic heterocycles. The van der Waals surface area contributed by atoms with Crippen LogP contribution in [0.15, 0.2) is 12.1 Å². The first-order chi connectivity index (χ1) is 8.32. The second kappa shape index (κ2) is 5.64. The van der Waals surface area contributed by atoms with Crippen molar-refractivity contribution < 1.29 is 14.7 Å². The van der Waals surface area contributed by atoms with Crippen molar-refractivity contribution in [3.05, 3.63) is 28.8 Å². The van der Waals surface area contributed by atoms with E-state index in [1.807, 2.05) is 32.9 Å². The van der Waals surface area contributed by atoms with Gasteiger partial charge in [0.2, 0.25) is 5.91 Å². The third kappa shape index (κ3) is 3.30. The lowest BCUT2D eigenvalue weighted by molar-refractivity contribution is -0.140. The zero-order valence-corrected chi connectivity index (χ0v) is 10.8. The van der Waals surface area contributed by atoms with Crippen LogP contribution >= 0.6 is 0 Å². The number of anilines is 1. The predicted octanol–water partition coefficient (Wildman–Crippen LogP) is 1.35. The number of aliphatic carboxylic acids is 1.